The van der Waals surface area contributed by atoms with Crippen molar-refractivity contribution in [1.29, 1.82) is 0 Å². The molecule has 10 heteroatoms. The molecule has 2 aromatic rings. The van der Waals surface area contributed by atoms with Crippen LogP contribution in [0, 0.1) is 5.41 Å². The third kappa shape index (κ3) is 6.27. The molecule has 1 aromatic heterocycles. The van der Waals surface area contributed by atoms with Crippen molar-refractivity contribution in [2.24, 2.45) is 5.41 Å². The molecule has 190 valence electrons. The van der Waals surface area contributed by atoms with E-state index in [4.69, 9.17) is 4.74 Å². The Hall–Kier alpha value is -2.33. The molecular formula is C25H28BrF4N3O2. The highest BCUT2D eigenvalue weighted by molar-refractivity contribution is 9.10. The molecule has 1 saturated carbocycles. The maximum atomic E-state index is 13.0. The summed E-state index contributed by atoms with van der Waals surface area (Å²) in [6.45, 7) is 5.68. The summed E-state index contributed by atoms with van der Waals surface area (Å²) in [6.07, 6.45) is 2.37. The smallest absolute Gasteiger partial charge is 0.370 e. The van der Waals surface area contributed by atoms with Gasteiger partial charge in [0.15, 0.2) is 0 Å². The second-order valence-electron chi connectivity index (χ2n) is 8.94. The van der Waals surface area contributed by atoms with E-state index in [1.54, 1.807) is 0 Å². The van der Waals surface area contributed by atoms with Crippen molar-refractivity contribution in [3.8, 4) is 0 Å². The van der Waals surface area contributed by atoms with Gasteiger partial charge in [0.2, 0.25) is 11.7 Å². The van der Waals surface area contributed by atoms with E-state index in [1.165, 1.54) is 12.4 Å². The van der Waals surface area contributed by atoms with Gasteiger partial charge in [0.25, 0.3) is 0 Å². The van der Waals surface area contributed by atoms with Crippen LogP contribution in [0.15, 0.2) is 54.0 Å². The van der Waals surface area contributed by atoms with Gasteiger partial charge < -0.3 is 9.64 Å². The number of amides is 1. The van der Waals surface area contributed by atoms with Gasteiger partial charge in [0, 0.05) is 46.5 Å². The fourth-order valence-corrected chi connectivity index (χ4v) is 5.09. The van der Waals surface area contributed by atoms with Crippen molar-refractivity contribution < 1.29 is 27.1 Å². The number of carbonyl (C=O) groups excluding carboxylic acids is 1. The van der Waals surface area contributed by atoms with Crippen LogP contribution < -0.4 is 4.90 Å². The predicted octanol–water partition coefficient (Wildman–Crippen LogP) is 6.98. The monoisotopic (exact) mass is 557 g/mol. The fourth-order valence-electron chi connectivity index (χ4n) is 4.70. The minimum atomic E-state index is -4.56. The molecule has 3 aliphatic rings. The summed E-state index contributed by atoms with van der Waals surface area (Å²) < 4.78 is 55.7. The normalized spacial score (nSPS) is 23.3. The van der Waals surface area contributed by atoms with Crippen LogP contribution in [0.5, 0.6) is 0 Å². The summed E-state index contributed by atoms with van der Waals surface area (Å²) in [4.78, 5) is 21.9. The Morgan fingerprint density at radius 2 is 1.86 bits per heavy atom. The van der Waals surface area contributed by atoms with E-state index >= 15 is 0 Å². The zero-order valence-corrected chi connectivity index (χ0v) is 21.0. The topological polar surface area (TPSA) is 55.3 Å². The van der Waals surface area contributed by atoms with E-state index in [2.05, 4.69) is 32.5 Å². The quantitative estimate of drug-likeness (QED) is 0.359. The Balaban J connectivity index is 0.00000108. The minimum absolute atomic E-state index is 0.0820. The highest BCUT2D eigenvalue weighted by atomic mass is 79.9. The maximum Gasteiger partial charge on any atom is 0.451 e. The Labute approximate surface area is 210 Å². The largest absolute Gasteiger partial charge is 0.451 e. The number of alkyl halides is 3. The lowest BCUT2D eigenvalue weighted by Crippen LogP contribution is -2.54. The van der Waals surface area contributed by atoms with Gasteiger partial charge >= 0.3 is 6.18 Å². The van der Waals surface area contributed by atoms with E-state index in [9.17, 15) is 22.4 Å². The molecule has 0 atom stereocenters. The minimum Gasteiger partial charge on any atom is -0.370 e. The average Bonchev–Trinajstić information content (AvgIpc) is 2.84. The molecule has 1 aromatic carbocycles. The molecule has 1 aliphatic carbocycles. The predicted molar refractivity (Wildman–Crippen MR) is 128 cm³/mol. The first-order valence-corrected chi connectivity index (χ1v) is 12.2. The van der Waals surface area contributed by atoms with E-state index in [1.807, 2.05) is 36.1 Å². The SMILES string of the molecule is C=CF.CCCC(=O)N(CC12CCC(c3cnc(C(F)(F)F)nc3)(CC1)OC2)c1cccc(Br)c1. The van der Waals surface area contributed by atoms with Crippen LogP contribution in [0.4, 0.5) is 23.2 Å². The summed E-state index contributed by atoms with van der Waals surface area (Å²) in [5.74, 6) is -1.06. The Morgan fingerprint density at radius 3 is 2.34 bits per heavy atom. The number of fused-ring (bicyclic) bond motifs is 3. The van der Waals surface area contributed by atoms with Gasteiger partial charge in [-0.05, 0) is 50.3 Å². The highest BCUT2D eigenvalue weighted by Gasteiger charge is 2.52. The summed E-state index contributed by atoms with van der Waals surface area (Å²) >= 11 is 3.49. The van der Waals surface area contributed by atoms with Gasteiger partial charge in [0.1, 0.15) is 0 Å². The molecule has 5 nitrogen and oxygen atoms in total. The zero-order chi connectivity index (χ0) is 25.7. The van der Waals surface area contributed by atoms with Crippen molar-refractivity contribution in [2.75, 3.05) is 18.1 Å². The van der Waals surface area contributed by atoms with E-state index in [0.717, 1.165) is 29.4 Å². The first-order chi connectivity index (χ1) is 16.6. The standard InChI is InChI=1S/C23H25BrF3N3O2.C2H3F/c1-2-4-19(31)30(18-6-3-5-17(24)11-18)14-21-7-9-22(10-8-21,32-15-21)16-12-28-20(29-13-16)23(25,26)27;1-2-3/h3,5-6,11-13H,2,4,7-10,14-15H2,1H3;2H,1H2. The molecule has 2 bridgehead atoms. The van der Waals surface area contributed by atoms with Crippen LogP contribution >= 0.6 is 15.9 Å². The molecule has 2 saturated heterocycles. The molecule has 0 spiro atoms. The number of anilines is 1. The number of halogens is 5. The molecule has 5 rings (SSSR count). The first-order valence-electron chi connectivity index (χ1n) is 11.4. The lowest BCUT2D eigenvalue weighted by atomic mass is 9.64. The number of aromatic nitrogens is 2. The van der Waals surface area contributed by atoms with Crippen LogP contribution in [0.3, 0.4) is 0 Å². The molecule has 1 amide bonds. The number of ether oxygens (including phenoxy) is 1. The lowest BCUT2D eigenvalue weighted by molar-refractivity contribution is -0.187. The van der Waals surface area contributed by atoms with Crippen molar-refractivity contribution >= 4 is 27.5 Å². The van der Waals surface area contributed by atoms with Crippen LogP contribution in [0.1, 0.15) is 56.8 Å². The van der Waals surface area contributed by atoms with Gasteiger partial charge in [-0.3, -0.25) is 4.79 Å². The third-order valence-electron chi connectivity index (χ3n) is 6.58. The Kier molecular flexibility index (Phi) is 8.69. The van der Waals surface area contributed by atoms with Crippen LogP contribution in [-0.2, 0) is 21.3 Å². The molecule has 3 heterocycles. The molecule has 35 heavy (non-hydrogen) atoms. The molecule has 2 aliphatic heterocycles. The number of rotatable bonds is 6. The Bertz CT molecular complexity index is 1010. The first kappa shape index (κ1) is 27.3. The maximum absolute atomic E-state index is 13.0. The summed E-state index contributed by atoms with van der Waals surface area (Å²) in [5.41, 5.74) is 0.607. The second-order valence-corrected chi connectivity index (χ2v) is 9.86. The zero-order valence-electron chi connectivity index (χ0n) is 19.5. The molecule has 0 N–H and O–H groups in total. The van der Waals surface area contributed by atoms with Crippen LogP contribution in [0.2, 0.25) is 0 Å². The average molecular weight is 558 g/mol. The molecular weight excluding hydrogens is 530 g/mol. The van der Waals surface area contributed by atoms with Crippen molar-refractivity contribution in [1.82, 2.24) is 9.97 Å². The third-order valence-corrected chi connectivity index (χ3v) is 7.08. The van der Waals surface area contributed by atoms with Gasteiger partial charge in [-0.2, -0.15) is 13.2 Å². The van der Waals surface area contributed by atoms with Gasteiger partial charge in [-0.25, -0.2) is 14.4 Å². The summed E-state index contributed by atoms with van der Waals surface area (Å²) in [6, 6.07) is 7.72. The molecule has 3 fully saturated rings. The van der Waals surface area contributed by atoms with Crippen molar-refractivity contribution in [2.45, 2.75) is 57.2 Å². The summed E-state index contributed by atoms with van der Waals surface area (Å²) in [7, 11) is 0. The van der Waals surface area contributed by atoms with Crippen LogP contribution in [-0.4, -0.2) is 29.0 Å². The number of carbonyl (C=O) groups is 1. The number of hydrogen-bond donors (Lipinski definition) is 0. The van der Waals surface area contributed by atoms with E-state index in [0.29, 0.717) is 38.0 Å². The second kappa shape index (κ2) is 11.2. The van der Waals surface area contributed by atoms with Gasteiger partial charge in [0.05, 0.1) is 18.5 Å². The van der Waals surface area contributed by atoms with Crippen molar-refractivity contribution in [3.05, 3.63) is 65.4 Å². The number of nitrogens with zero attached hydrogens (tertiary/aromatic N) is 3. The van der Waals surface area contributed by atoms with Gasteiger partial charge in [-0.1, -0.05) is 35.5 Å². The van der Waals surface area contributed by atoms with Crippen LogP contribution in [0.25, 0.3) is 0 Å². The number of benzene rings is 1. The van der Waals surface area contributed by atoms with E-state index in [-0.39, 0.29) is 17.7 Å². The highest BCUT2D eigenvalue weighted by Crippen LogP contribution is 2.54. The van der Waals surface area contributed by atoms with E-state index < -0.39 is 17.6 Å². The molecule has 0 unspecified atom stereocenters. The van der Waals surface area contributed by atoms with Gasteiger partial charge in [-0.15, -0.1) is 0 Å². The Morgan fingerprint density at radius 1 is 1.23 bits per heavy atom. The van der Waals surface area contributed by atoms with Crippen molar-refractivity contribution in [3.63, 3.8) is 0 Å². The summed E-state index contributed by atoms with van der Waals surface area (Å²) in [5, 5.41) is 0. The lowest BCUT2D eigenvalue weighted by Gasteiger charge is -2.54. The molecule has 0 radical (unpaired) electrons. The number of hydrogen-bond acceptors (Lipinski definition) is 4. The fraction of sp³-hybridized carbons (Fsp3) is 0.480.